The molecular formula is C16H17N5O. The van der Waals surface area contributed by atoms with Crippen LogP contribution in [0.4, 0.5) is 0 Å². The van der Waals surface area contributed by atoms with Gasteiger partial charge in [0, 0.05) is 24.0 Å². The lowest BCUT2D eigenvalue weighted by molar-refractivity contribution is 0.0679. The zero-order chi connectivity index (χ0) is 14.9. The minimum atomic E-state index is 0.0723. The Balaban J connectivity index is 1.47. The summed E-state index contributed by atoms with van der Waals surface area (Å²) in [5, 5.41) is 9.46. The van der Waals surface area contributed by atoms with E-state index < -0.39 is 0 Å². The molecule has 4 rings (SSSR count). The van der Waals surface area contributed by atoms with E-state index in [4.69, 9.17) is 0 Å². The van der Waals surface area contributed by atoms with Crippen LogP contribution in [0.1, 0.15) is 29.4 Å². The molecule has 22 heavy (non-hydrogen) atoms. The maximum Gasteiger partial charge on any atom is 0.270 e. The van der Waals surface area contributed by atoms with Gasteiger partial charge >= 0.3 is 0 Å². The highest BCUT2D eigenvalue weighted by molar-refractivity contribution is 5.98. The molecule has 0 radical (unpaired) electrons. The first-order valence-corrected chi connectivity index (χ1v) is 7.54. The number of amides is 1. The average Bonchev–Trinajstić information content (AvgIpc) is 3.23. The fourth-order valence-corrected chi connectivity index (χ4v) is 3.07. The number of carbonyl (C=O) groups is 1. The van der Waals surface area contributed by atoms with Gasteiger partial charge in [0.25, 0.3) is 5.91 Å². The molecule has 1 saturated heterocycles. The van der Waals surface area contributed by atoms with Crippen LogP contribution in [-0.2, 0) is 0 Å². The third-order valence-corrected chi connectivity index (χ3v) is 4.28. The number of H-pyrrole nitrogens is 1. The first-order valence-electron chi connectivity index (χ1n) is 7.54. The molecule has 3 heterocycles. The second-order valence-electron chi connectivity index (χ2n) is 5.64. The Bertz CT molecular complexity index is 751. The fourth-order valence-electron chi connectivity index (χ4n) is 3.07. The molecule has 2 aromatic heterocycles. The van der Waals surface area contributed by atoms with Crippen molar-refractivity contribution >= 4 is 16.8 Å². The highest BCUT2D eigenvalue weighted by Gasteiger charge is 2.26. The second-order valence-corrected chi connectivity index (χ2v) is 5.64. The van der Waals surface area contributed by atoms with Gasteiger partial charge in [-0.05, 0) is 25.0 Å². The maximum absolute atomic E-state index is 12.6. The van der Waals surface area contributed by atoms with Gasteiger partial charge in [0.15, 0.2) is 0 Å². The van der Waals surface area contributed by atoms with Crippen LogP contribution in [0.5, 0.6) is 0 Å². The van der Waals surface area contributed by atoms with Crippen LogP contribution in [0.3, 0.4) is 0 Å². The number of likely N-dealkylation sites (tertiary alicyclic amines) is 1. The standard InChI is InChI=1S/C16H17N5O/c22-16(15-11-12-3-1-2-4-14(12)19-15)20-9-5-13(6-10-20)21-17-7-8-18-21/h1-4,7-8,11,13,19H,5-6,9-10H2. The van der Waals surface area contributed by atoms with Gasteiger partial charge < -0.3 is 9.88 Å². The summed E-state index contributed by atoms with van der Waals surface area (Å²) in [7, 11) is 0. The Labute approximate surface area is 127 Å². The van der Waals surface area contributed by atoms with E-state index >= 15 is 0 Å². The van der Waals surface area contributed by atoms with Crippen LogP contribution in [0.2, 0.25) is 0 Å². The zero-order valence-corrected chi connectivity index (χ0v) is 12.1. The van der Waals surface area contributed by atoms with Crippen molar-refractivity contribution in [3.8, 4) is 0 Å². The Morgan fingerprint density at radius 3 is 2.59 bits per heavy atom. The van der Waals surface area contributed by atoms with Gasteiger partial charge in [0.1, 0.15) is 5.69 Å². The van der Waals surface area contributed by atoms with E-state index in [-0.39, 0.29) is 5.91 Å². The van der Waals surface area contributed by atoms with Crippen LogP contribution in [0.15, 0.2) is 42.7 Å². The van der Waals surface area contributed by atoms with Gasteiger partial charge in [0.05, 0.1) is 18.4 Å². The summed E-state index contributed by atoms with van der Waals surface area (Å²) < 4.78 is 0. The fraction of sp³-hybridized carbons (Fsp3) is 0.312. The third-order valence-electron chi connectivity index (χ3n) is 4.28. The predicted molar refractivity (Wildman–Crippen MR) is 82.5 cm³/mol. The molecule has 1 aromatic carbocycles. The molecule has 6 heteroatoms. The van der Waals surface area contributed by atoms with Crippen molar-refractivity contribution in [3.63, 3.8) is 0 Å². The van der Waals surface area contributed by atoms with E-state index in [2.05, 4.69) is 15.2 Å². The molecular weight excluding hydrogens is 278 g/mol. The van der Waals surface area contributed by atoms with E-state index in [0.29, 0.717) is 11.7 Å². The maximum atomic E-state index is 12.6. The monoisotopic (exact) mass is 295 g/mol. The summed E-state index contributed by atoms with van der Waals surface area (Å²) in [5.74, 6) is 0.0723. The highest BCUT2D eigenvalue weighted by Crippen LogP contribution is 2.23. The number of nitrogens with zero attached hydrogens (tertiary/aromatic N) is 4. The molecule has 112 valence electrons. The molecule has 0 saturated carbocycles. The number of carbonyl (C=O) groups excluding carboxylic acids is 1. The third kappa shape index (κ3) is 2.26. The topological polar surface area (TPSA) is 66.8 Å². The number of para-hydroxylation sites is 1. The number of rotatable bonds is 2. The lowest BCUT2D eigenvalue weighted by Gasteiger charge is -2.31. The normalized spacial score (nSPS) is 16.3. The summed E-state index contributed by atoms with van der Waals surface area (Å²) in [6, 6.07) is 10.2. The van der Waals surface area contributed by atoms with Crippen molar-refractivity contribution in [1.29, 1.82) is 0 Å². The van der Waals surface area contributed by atoms with E-state index in [1.807, 2.05) is 35.2 Å². The molecule has 0 atom stereocenters. The quantitative estimate of drug-likeness (QED) is 0.788. The molecule has 1 aliphatic heterocycles. The lowest BCUT2D eigenvalue weighted by Crippen LogP contribution is -2.39. The first kappa shape index (κ1) is 13.1. The molecule has 1 amide bonds. The van der Waals surface area contributed by atoms with E-state index in [9.17, 15) is 4.79 Å². The molecule has 1 fully saturated rings. The second kappa shape index (κ2) is 5.29. The van der Waals surface area contributed by atoms with Crippen LogP contribution in [0.25, 0.3) is 10.9 Å². The molecule has 6 nitrogen and oxygen atoms in total. The summed E-state index contributed by atoms with van der Waals surface area (Å²) in [6.45, 7) is 1.47. The molecule has 0 aliphatic carbocycles. The Hall–Kier alpha value is -2.63. The van der Waals surface area contributed by atoms with Crippen LogP contribution in [0, 0.1) is 0 Å². The van der Waals surface area contributed by atoms with E-state index in [1.165, 1.54) is 0 Å². The van der Waals surface area contributed by atoms with Gasteiger partial charge in [-0.25, -0.2) is 0 Å². The summed E-state index contributed by atoms with van der Waals surface area (Å²) in [4.78, 5) is 19.5. The first-order chi connectivity index (χ1) is 10.8. The number of fused-ring (bicyclic) bond motifs is 1. The molecule has 0 unspecified atom stereocenters. The number of hydrogen-bond acceptors (Lipinski definition) is 3. The van der Waals surface area contributed by atoms with E-state index in [1.54, 1.807) is 17.2 Å². The largest absolute Gasteiger partial charge is 0.351 e. The summed E-state index contributed by atoms with van der Waals surface area (Å²) in [6.07, 6.45) is 5.17. The SMILES string of the molecule is O=C(c1cc2ccccc2[nH]1)N1CCC(n2nccn2)CC1. The lowest BCUT2D eigenvalue weighted by atomic mass is 10.1. The number of aromatic nitrogens is 4. The Morgan fingerprint density at radius 1 is 1.14 bits per heavy atom. The summed E-state index contributed by atoms with van der Waals surface area (Å²) in [5.41, 5.74) is 1.67. The van der Waals surface area contributed by atoms with Gasteiger partial charge in [-0.1, -0.05) is 18.2 Å². The predicted octanol–water partition coefficient (Wildman–Crippen LogP) is 2.24. The molecule has 1 N–H and O–H groups in total. The number of benzene rings is 1. The van der Waals surface area contributed by atoms with Gasteiger partial charge in [0.2, 0.25) is 0 Å². The van der Waals surface area contributed by atoms with Crippen molar-refractivity contribution < 1.29 is 4.79 Å². The van der Waals surface area contributed by atoms with Crippen LogP contribution >= 0.6 is 0 Å². The molecule has 1 aliphatic rings. The summed E-state index contributed by atoms with van der Waals surface area (Å²) >= 11 is 0. The van der Waals surface area contributed by atoms with Gasteiger partial charge in [-0.2, -0.15) is 15.0 Å². The van der Waals surface area contributed by atoms with Crippen molar-refractivity contribution in [2.45, 2.75) is 18.9 Å². The minimum absolute atomic E-state index is 0.0723. The number of aromatic amines is 1. The highest BCUT2D eigenvalue weighted by atomic mass is 16.2. The Morgan fingerprint density at radius 2 is 1.86 bits per heavy atom. The van der Waals surface area contributed by atoms with Crippen molar-refractivity contribution in [2.75, 3.05) is 13.1 Å². The molecule has 0 bridgehead atoms. The Kier molecular flexibility index (Phi) is 3.14. The van der Waals surface area contributed by atoms with E-state index in [0.717, 1.165) is 36.8 Å². The molecule has 0 spiro atoms. The number of piperidine rings is 1. The minimum Gasteiger partial charge on any atom is -0.351 e. The van der Waals surface area contributed by atoms with Gasteiger partial charge in [-0.15, -0.1) is 0 Å². The number of hydrogen-bond donors (Lipinski definition) is 1. The van der Waals surface area contributed by atoms with Crippen LogP contribution < -0.4 is 0 Å². The van der Waals surface area contributed by atoms with Crippen molar-refractivity contribution in [3.05, 3.63) is 48.4 Å². The smallest absolute Gasteiger partial charge is 0.270 e. The van der Waals surface area contributed by atoms with Crippen molar-refractivity contribution in [1.82, 2.24) is 24.9 Å². The van der Waals surface area contributed by atoms with Crippen LogP contribution in [-0.4, -0.2) is 43.9 Å². The molecule has 3 aromatic rings. The number of nitrogens with one attached hydrogen (secondary N) is 1. The van der Waals surface area contributed by atoms with Gasteiger partial charge in [-0.3, -0.25) is 4.79 Å². The zero-order valence-electron chi connectivity index (χ0n) is 12.1. The van der Waals surface area contributed by atoms with Crippen molar-refractivity contribution in [2.24, 2.45) is 0 Å². The average molecular weight is 295 g/mol.